The molecule has 0 aromatic carbocycles. The van der Waals surface area contributed by atoms with Crippen LogP contribution < -0.4 is 5.32 Å². The lowest BCUT2D eigenvalue weighted by molar-refractivity contribution is 0.257. The van der Waals surface area contributed by atoms with Crippen LogP contribution in [0.15, 0.2) is 17.5 Å². The zero-order valence-corrected chi connectivity index (χ0v) is 10.9. The minimum Gasteiger partial charge on any atom is -0.315 e. The highest BCUT2D eigenvalue weighted by atomic mass is 32.1. The predicted molar refractivity (Wildman–Crippen MR) is 70.9 cm³/mol. The number of nitrogens with zero attached hydrogens (tertiary/aromatic N) is 1. The van der Waals surface area contributed by atoms with Crippen molar-refractivity contribution in [3.63, 3.8) is 0 Å². The Labute approximate surface area is 103 Å². The summed E-state index contributed by atoms with van der Waals surface area (Å²) < 4.78 is 0. The van der Waals surface area contributed by atoms with Crippen LogP contribution in [0, 0.1) is 0 Å². The fourth-order valence-corrected chi connectivity index (χ4v) is 2.69. The monoisotopic (exact) mass is 238 g/mol. The Bertz CT molecular complexity index is 280. The molecule has 16 heavy (non-hydrogen) atoms. The van der Waals surface area contributed by atoms with Gasteiger partial charge in [0, 0.05) is 30.6 Å². The van der Waals surface area contributed by atoms with Gasteiger partial charge in [-0.05, 0) is 37.3 Å². The molecule has 0 unspecified atom stereocenters. The van der Waals surface area contributed by atoms with Crippen LogP contribution in [-0.4, -0.2) is 30.6 Å². The van der Waals surface area contributed by atoms with Gasteiger partial charge in [0.05, 0.1) is 0 Å². The normalized spacial score (nSPS) is 15.9. The lowest BCUT2D eigenvalue weighted by Gasteiger charge is -2.21. The maximum absolute atomic E-state index is 3.49. The van der Waals surface area contributed by atoms with E-state index in [9.17, 15) is 0 Å². The highest BCUT2D eigenvalue weighted by Crippen LogP contribution is 2.28. The van der Waals surface area contributed by atoms with E-state index in [0.717, 1.165) is 25.7 Å². The van der Waals surface area contributed by atoms with Crippen molar-refractivity contribution in [3.8, 4) is 0 Å². The summed E-state index contributed by atoms with van der Waals surface area (Å²) in [5.74, 6) is 0. The van der Waals surface area contributed by atoms with Gasteiger partial charge in [-0.1, -0.05) is 13.0 Å². The quantitative estimate of drug-likeness (QED) is 0.701. The van der Waals surface area contributed by atoms with E-state index >= 15 is 0 Å². The third-order valence-corrected chi connectivity index (χ3v) is 3.87. The summed E-state index contributed by atoms with van der Waals surface area (Å²) in [6.07, 6.45) is 4.03. The van der Waals surface area contributed by atoms with Crippen molar-refractivity contribution in [2.45, 2.75) is 38.8 Å². The minimum absolute atomic E-state index is 0.866. The maximum atomic E-state index is 3.49. The Morgan fingerprint density at radius 3 is 2.94 bits per heavy atom. The van der Waals surface area contributed by atoms with Gasteiger partial charge in [0.25, 0.3) is 0 Å². The molecule has 0 radical (unpaired) electrons. The number of hydrogen-bond donors (Lipinski definition) is 1. The standard InChI is InChI=1S/C13H22N2S/c1-2-7-14-8-9-15(12-5-6-12)11-13-4-3-10-16-13/h3-4,10,12,14H,2,5-9,11H2,1H3. The van der Waals surface area contributed by atoms with Gasteiger partial charge in [-0.15, -0.1) is 11.3 Å². The number of nitrogens with one attached hydrogen (secondary N) is 1. The third-order valence-electron chi connectivity index (χ3n) is 3.00. The van der Waals surface area contributed by atoms with Crippen molar-refractivity contribution < 1.29 is 0 Å². The van der Waals surface area contributed by atoms with E-state index in [0.29, 0.717) is 0 Å². The molecular weight excluding hydrogens is 216 g/mol. The largest absolute Gasteiger partial charge is 0.315 e. The lowest BCUT2D eigenvalue weighted by atomic mass is 10.3. The molecule has 0 spiro atoms. The number of rotatable bonds is 8. The first-order valence-electron chi connectivity index (χ1n) is 6.37. The molecular formula is C13H22N2S. The van der Waals surface area contributed by atoms with Gasteiger partial charge in [-0.3, -0.25) is 4.90 Å². The highest BCUT2D eigenvalue weighted by molar-refractivity contribution is 7.09. The van der Waals surface area contributed by atoms with Gasteiger partial charge in [0.2, 0.25) is 0 Å². The van der Waals surface area contributed by atoms with Crippen LogP contribution in [-0.2, 0) is 6.54 Å². The van der Waals surface area contributed by atoms with Crippen molar-refractivity contribution in [1.29, 1.82) is 0 Å². The fourth-order valence-electron chi connectivity index (χ4n) is 1.96. The van der Waals surface area contributed by atoms with Gasteiger partial charge in [0.15, 0.2) is 0 Å². The lowest BCUT2D eigenvalue weighted by Crippen LogP contribution is -2.33. The second-order valence-corrected chi connectivity index (χ2v) is 5.56. The Hall–Kier alpha value is -0.380. The Kier molecular flexibility index (Phi) is 4.82. The van der Waals surface area contributed by atoms with Crippen molar-refractivity contribution in [2.24, 2.45) is 0 Å². The molecule has 0 saturated heterocycles. The summed E-state index contributed by atoms with van der Waals surface area (Å²) in [5, 5.41) is 5.67. The van der Waals surface area contributed by atoms with Gasteiger partial charge in [-0.2, -0.15) is 0 Å². The van der Waals surface area contributed by atoms with Crippen molar-refractivity contribution in [3.05, 3.63) is 22.4 Å². The summed E-state index contributed by atoms with van der Waals surface area (Å²) in [4.78, 5) is 4.14. The molecule has 0 amide bonds. The van der Waals surface area contributed by atoms with Crippen LogP contribution in [0.1, 0.15) is 31.1 Å². The van der Waals surface area contributed by atoms with Crippen molar-refractivity contribution >= 4 is 11.3 Å². The van der Waals surface area contributed by atoms with Gasteiger partial charge >= 0.3 is 0 Å². The molecule has 1 heterocycles. The maximum Gasteiger partial charge on any atom is 0.0331 e. The first-order valence-corrected chi connectivity index (χ1v) is 7.25. The second-order valence-electron chi connectivity index (χ2n) is 4.53. The molecule has 0 atom stereocenters. The van der Waals surface area contributed by atoms with Crippen molar-refractivity contribution in [1.82, 2.24) is 10.2 Å². The minimum atomic E-state index is 0.866. The molecule has 3 heteroatoms. The van der Waals surface area contributed by atoms with Crippen LogP contribution in [0.25, 0.3) is 0 Å². The van der Waals surface area contributed by atoms with Crippen LogP contribution in [0.4, 0.5) is 0 Å². The van der Waals surface area contributed by atoms with Crippen LogP contribution in [0.2, 0.25) is 0 Å². The number of thiophene rings is 1. The molecule has 0 bridgehead atoms. The Morgan fingerprint density at radius 1 is 1.44 bits per heavy atom. The van der Waals surface area contributed by atoms with Gasteiger partial charge < -0.3 is 5.32 Å². The zero-order valence-electron chi connectivity index (χ0n) is 10.1. The van der Waals surface area contributed by atoms with Crippen LogP contribution >= 0.6 is 11.3 Å². The van der Waals surface area contributed by atoms with E-state index in [1.54, 1.807) is 0 Å². The summed E-state index contributed by atoms with van der Waals surface area (Å²) in [5.41, 5.74) is 0. The zero-order chi connectivity index (χ0) is 11.2. The molecule has 1 aromatic heterocycles. The van der Waals surface area contributed by atoms with E-state index in [1.165, 1.54) is 30.7 Å². The average Bonchev–Trinajstić information content (AvgIpc) is 3.02. The summed E-state index contributed by atoms with van der Waals surface area (Å²) in [7, 11) is 0. The molecule has 0 aliphatic heterocycles. The fraction of sp³-hybridized carbons (Fsp3) is 0.692. The topological polar surface area (TPSA) is 15.3 Å². The molecule has 1 aliphatic rings. The van der Waals surface area contributed by atoms with E-state index < -0.39 is 0 Å². The molecule has 1 aromatic rings. The molecule has 1 N–H and O–H groups in total. The van der Waals surface area contributed by atoms with Crippen LogP contribution in [0.3, 0.4) is 0 Å². The smallest absolute Gasteiger partial charge is 0.0331 e. The average molecular weight is 238 g/mol. The van der Waals surface area contributed by atoms with E-state index in [1.807, 2.05) is 11.3 Å². The summed E-state index contributed by atoms with van der Waals surface area (Å²) in [6.45, 7) is 6.85. The molecule has 2 nitrogen and oxygen atoms in total. The van der Waals surface area contributed by atoms with E-state index in [2.05, 4.69) is 34.7 Å². The molecule has 90 valence electrons. The predicted octanol–water partition coefficient (Wildman–Crippen LogP) is 2.71. The summed E-state index contributed by atoms with van der Waals surface area (Å²) in [6, 6.07) is 5.27. The Balaban J connectivity index is 1.72. The first kappa shape index (κ1) is 12.1. The Morgan fingerprint density at radius 2 is 2.31 bits per heavy atom. The van der Waals surface area contributed by atoms with Crippen LogP contribution in [0.5, 0.6) is 0 Å². The molecule has 1 fully saturated rings. The third kappa shape index (κ3) is 3.89. The molecule has 2 rings (SSSR count). The molecule has 1 saturated carbocycles. The van der Waals surface area contributed by atoms with Gasteiger partial charge in [0.1, 0.15) is 0 Å². The SMILES string of the molecule is CCCNCCN(Cc1cccs1)C1CC1. The van der Waals surface area contributed by atoms with Crippen molar-refractivity contribution in [2.75, 3.05) is 19.6 Å². The van der Waals surface area contributed by atoms with Gasteiger partial charge in [-0.25, -0.2) is 0 Å². The second kappa shape index (κ2) is 6.38. The summed E-state index contributed by atoms with van der Waals surface area (Å²) >= 11 is 1.88. The van der Waals surface area contributed by atoms with E-state index in [4.69, 9.17) is 0 Å². The first-order chi connectivity index (χ1) is 7.90. The molecule has 1 aliphatic carbocycles. The highest BCUT2D eigenvalue weighted by Gasteiger charge is 2.28. The van der Waals surface area contributed by atoms with E-state index in [-0.39, 0.29) is 0 Å². The number of hydrogen-bond acceptors (Lipinski definition) is 3.